The lowest BCUT2D eigenvalue weighted by atomic mass is 9.74. The first-order chi connectivity index (χ1) is 11.7. The van der Waals surface area contributed by atoms with Crippen LogP contribution in [0.1, 0.15) is 38.2 Å². The highest BCUT2D eigenvalue weighted by Crippen LogP contribution is 2.35. The van der Waals surface area contributed by atoms with E-state index in [4.69, 9.17) is 9.73 Å². The summed E-state index contributed by atoms with van der Waals surface area (Å²) in [5.41, 5.74) is 1.10. The Morgan fingerprint density at radius 1 is 1.21 bits per heavy atom. The summed E-state index contributed by atoms with van der Waals surface area (Å²) >= 11 is 0. The molecule has 132 valence electrons. The standard InChI is InChI=1S/C19H28FN3O/c1-2-21-18(22-13-15-3-4-15)23-14-19(9-11-24-12-10-19)16-5-7-17(20)8-6-16/h5-8,15H,2-4,9-14H2,1H3,(H2,21,22,23). The van der Waals surface area contributed by atoms with E-state index in [0.717, 1.165) is 56.6 Å². The smallest absolute Gasteiger partial charge is 0.191 e. The van der Waals surface area contributed by atoms with Crippen molar-refractivity contribution in [3.63, 3.8) is 0 Å². The van der Waals surface area contributed by atoms with Crippen LogP contribution >= 0.6 is 0 Å². The van der Waals surface area contributed by atoms with Gasteiger partial charge in [-0.15, -0.1) is 0 Å². The molecule has 2 aliphatic rings. The summed E-state index contributed by atoms with van der Waals surface area (Å²) in [4.78, 5) is 4.85. The molecule has 1 aliphatic carbocycles. The molecule has 1 saturated heterocycles. The lowest BCUT2D eigenvalue weighted by molar-refractivity contribution is 0.0531. The maximum absolute atomic E-state index is 13.3. The Balaban J connectivity index is 1.74. The lowest BCUT2D eigenvalue weighted by Crippen LogP contribution is -2.41. The minimum absolute atomic E-state index is 0.0616. The van der Waals surface area contributed by atoms with Crippen molar-refractivity contribution in [1.29, 1.82) is 0 Å². The molecule has 0 spiro atoms. The summed E-state index contributed by atoms with van der Waals surface area (Å²) in [6, 6.07) is 6.90. The predicted octanol–water partition coefficient (Wildman–Crippen LogP) is 2.84. The van der Waals surface area contributed by atoms with E-state index in [9.17, 15) is 4.39 Å². The Bertz CT molecular complexity index is 548. The Morgan fingerprint density at radius 2 is 1.92 bits per heavy atom. The number of rotatable bonds is 6. The van der Waals surface area contributed by atoms with Crippen LogP contribution in [0.3, 0.4) is 0 Å². The zero-order chi connectivity index (χ0) is 16.8. The average Bonchev–Trinajstić information content (AvgIpc) is 3.43. The van der Waals surface area contributed by atoms with Crippen LogP contribution in [0.4, 0.5) is 4.39 Å². The van der Waals surface area contributed by atoms with Gasteiger partial charge >= 0.3 is 0 Å². The van der Waals surface area contributed by atoms with Crippen LogP contribution in [-0.4, -0.2) is 38.8 Å². The number of hydrogen-bond donors (Lipinski definition) is 2. The van der Waals surface area contributed by atoms with E-state index in [1.807, 2.05) is 12.1 Å². The average molecular weight is 333 g/mol. The van der Waals surface area contributed by atoms with Crippen molar-refractivity contribution in [2.45, 2.75) is 38.0 Å². The highest BCUT2D eigenvalue weighted by molar-refractivity contribution is 5.79. The van der Waals surface area contributed by atoms with Crippen molar-refractivity contribution in [2.24, 2.45) is 10.9 Å². The highest BCUT2D eigenvalue weighted by atomic mass is 19.1. The molecular formula is C19H28FN3O. The van der Waals surface area contributed by atoms with Gasteiger partial charge in [0.1, 0.15) is 5.82 Å². The van der Waals surface area contributed by atoms with Crippen LogP contribution in [0, 0.1) is 11.7 Å². The van der Waals surface area contributed by atoms with Gasteiger partial charge in [0.2, 0.25) is 0 Å². The number of guanidine groups is 1. The fourth-order valence-corrected chi connectivity index (χ4v) is 3.24. The molecule has 2 N–H and O–H groups in total. The number of ether oxygens (including phenoxy) is 1. The third-order valence-corrected chi connectivity index (χ3v) is 5.05. The highest BCUT2D eigenvalue weighted by Gasteiger charge is 2.34. The fraction of sp³-hybridized carbons (Fsp3) is 0.632. The molecule has 4 nitrogen and oxygen atoms in total. The molecule has 5 heteroatoms. The summed E-state index contributed by atoms with van der Waals surface area (Å²) in [5, 5.41) is 6.78. The summed E-state index contributed by atoms with van der Waals surface area (Å²) in [6.45, 7) is 6.10. The first kappa shape index (κ1) is 17.2. The zero-order valence-corrected chi connectivity index (χ0v) is 14.5. The first-order valence-electron chi connectivity index (χ1n) is 9.08. The molecule has 0 aromatic heterocycles. The minimum atomic E-state index is -0.191. The summed E-state index contributed by atoms with van der Waals surface area (Å²) in [6.07, 6.45) is 4.49. The van der Waals surface area contributed by atoms with E-state index >= 15 is 0 Å². The lowest BCUT2D eigenvalue weighted by Gasteiger charge is -2.36. The SMILES string of the molecule is CCNC(=NCC1(c2ccc(F)cc2)CCOCC1)NCC1CC1. The molecule has 0 atom stereocenters. The first-order valence-corrected chi connectivity index (χ1v) is 9.08. The van der Waals surface area contributed by atoms with Gasteiger partial charge in [-0.3, -0.25) is 4.99 Å². The summed E-state index contributed by atoms with van der Waals surface area (Å²) in [7, 11) is 0. The Hall–Kier alpha value is -1.62. The van der Waals surface area contributed by atoms with Gasteiger partial charge in [0.25, 0.3) is 0 Å². The van der Waals surface area contributed by atoms with Gasteiger partial charge in [-0.25, -0.2) is 4.39 Å². The van der Waals surface area contributed by atoms with Gasteiger partial charge in [0, 0.05) is 31.7 Å². The Kier molecular flexibility index (Phi) is 5.72. The molecule has 2 fully saturated rings. The van der Waals surface area contributed by atoms with Crippen molar-refractivity contribution >= 4 is 5.96 Å². The molecule has 24 heavy (non-hydrogen) atoms. The molecule has 0 bridgehead atoms. The maximum Gasteiger partial charge on any atom is 0.191 e. The van der Waals surface area contributed by atoms with E-state index in [-0.39, 0.29) is 11.2 Å². The number of hydrogen-bond acceptors (Lipinski definition) is 2. The molecule has 1 aromatic rings. The van der Waals surface area contributed by atoms with E-state index in [2.05, 4.69) is 17.6 Å². The molecule has 1 aliphatic heterocycles. The molecule has 0 amide bonds. The van der Waals surface area contributed by atoms with Gasteiger partial charge in [-0.2, -0.15) is 0 Å². The van der Waals surface area contributed by atoms with Crippen LogP contribution in [0.25, 0.3) is 0 Å². The maximum atomic E-state index is 13.3. The second-order valence-electron chi connectivity index (χ2n) is 6.92. The topological polar surface area (TPSA) is 45.7 Å². The van der Waals surface area contributed by atoms with Gasteiger partial charge < -0.3 is 15.4 Å². The van der Waals surface area contributed by atoms with Gasteiger partial charge in [-0.05, 0) is 56.2 Å². The molecule has 1 saturated carbocycles. The molecule has 3 rings (SSSR count). The molecular weight excluding hydrogens is 305 g/mol. The normalized spacial score (nSPS) is 20.7. The van der Waals surface area contributed by atoms with Gasteiger partial charge in [0.05, 0.1) is 6.54 Å². The van der Waals surface area contributed by atoms with E-state index in [1.165, 1.54) is 12.8 Å². The fourth-order valence-electron chi connectivity index (χ4n) is 3.24. The van der Waals surface area contributed by atoms with Crippen molar-refractivity contribution in [1.82, 2.24) is 10.6 Å². The van der Waals surface area contributed by atoms with Crippen molar-refractivity contribution < 1.29 is 9.13 Å². The number of benzene rings is 1. The van der Waals surface area contributed by atoms with E-state index < -0.39 is 0 Å². The van der Waals surface area contributed by atoms with Gasteiger partial charge in [-0.1, -0.05) is 12.1 Å². The molecule has 0 radical (unpaired) electrons. The monoisotopic (exact) mass is 333 g/mol. The zero-order valence-electron chi connectivity index (χ0n) is 14.5. The van der Waals surface area contributed by atoms with Crippen LogP contribution in [0.15, 0.2) is 29.3 Å². The van der Waals surface area contributed by atoms with Crippen molar-refractivity contribution in [3.05, 3.63) is 35.6 Å². The number of nitrogens with one attached hydrogen (secondary N) is 2. The third-order valence-electron chi connectivity index (χ3n) is 5.05. The van der Waals surface area contributed by atoms with Crippen LogP contribution in [0.5, 0.6) is 0 Å². The van der Waals surface area contributed by atoms with Crippen LogP contribution in [-0.2, 0) is 10.2 Å². The van der Waals surface area contributed by atoms with E-state index in [1.54, 1.807) is 12.1 Å². The Morgan fingerprint density at radius 3 is 2.54 bits per heavy atom. The second kappa shape index (κ2) is 7.97. The Labute approximate surface area is 143 Å². The number of nitrogens with zero attached hydrogens (tertiary/aromatic N) is 1. The van der Waals surface area contributed by atoms with Crippen LogP contribution in [0.2, 0.25) is 0 Å². The van der Waals surface area contributed by atoms with Crippen molar-refractivity contribution in [3.8, 4) is 0 Å². The molecule has 0 unspecified atom stereocenters. The number of halogens is 1. The molecule has 1 heterocycles. The predicted molar refractivity (Wildman–Crippen MR) is 94.8 cm³/mol. The largest absolute Gasteiger partial charge is 0.381 e. The van der Waals surface area contributed by atoms with E-state index in [0.29, 0.717) is 6.54 Å². The third kappa shape index (κ3) is 4.47. The number of aliphatic imine (C=N–C) groups is 1. The quantitative estimate of drug-likeness (QED) is 0.622. The second-order valence-corrected chi connectivity index (χ2v) is 6.92. The summed E-state index contributed by atoms with van der Waals surface area (Å²) in [5.74, 6) is 1.50. The molecule has 1 aromatic carbocycles. The summed E-state index contributed by atoms with van der Waals surface area (Å²) < 4.78 is 18.9. The van der Waals surface area contributed by atoms with Crippen LogP contribution < -0.4 is 10.6 Å². The van der Waals surface area contributed by atoms with Gasteiger partial charge in [0.15, 0.2) is 5.96 Å². The minimum Gasteiger partial charge on any atom is -0.381 e. The van der Waals surface area contributed by atoms with Crippen molar-refractivity contribution in [2.75, 3.05) is 32.8 Å².